The summed E-state index contributed by atoms with van der Waals surface area (Å²) in [5.74, 6) is -3.23. The lowest BCUT2D eigenvalue weighted by atomic mass is 9.94. The van der Waals surface area contributed by atoms with E-state index in [9.17, 15) is 14.3 Å². The summed E-state index contributed by atoms with van der Waals surface area (Å²) in [6, 6.07) is 14.2. The fourth-order valence-corrected chi connectivity index (χ4v) is 4.39. The number of piperazine rings is 1. The largest absolute Gasteiger partial charge is 0.508 e. The number of phenolic OH excluding ortho intramolecular Hbond substituents is 1. The number of rotatable bonds is 4. The van der Waals surface area contributed by atoms with Crippen LogP contribution < -0.4 is 4.90 Å². The van der Waals surface area contributed by atoms with E-state index in [1.54, 1.807) is 24.3 Å². The van der Waals surface area contributed by atoms with E-state index >= 15 is 0 Å². The smallest absolute Gasteiger partial charge is 0.414 e. The van der Waals surface area contributed by atoms with Crippen LogP contribution in [0, 0.1) is 11.7 Å². The van der Waals surface area contributed by atoms with Gasteiger partial charge in [-0.1, -0.05) is 24.3 Å². The van der Waals surface area contributed by atoms with Crippen molar-refractivity contribution in [2.45, 2.75) is 19.4 Å². The molecule has 0 atom stereocenters. The molecule has 3 N–H and O–H groups in total. The number of amides is 1. The Kier molecular flexibility index (Phi) is 9.02. The van der Waals surface area contributed by atoms with Gasteiger partial charge in [-0.2, -0.15) is 0 Å². The first kappa shape index (κ1) is 26.0. The Balaban J connectivity index is 0.000000509. The summed E-state index contributed by atoms with van der Waals surface area (Å²) in [6.45, 7) is 5.22. The van der Waals surface area contributed by atoms with Crippen molar-refractivity contribution >= 4 is 23.5 Å². The summed E-state index contributed by atoms with van der Waals surface area (Å²) in [5, 5.41) is 24.4. The van der Waals surface area contributed by atoms with Crippen molar-refractivity contribution < 1.29 is 34.1 Å². The maximum absolute atomic E-state index is 14.0. The van der Waals surface area contributed by atoms with E-state index in [0.29, 0.717) is 37.6 Å². The number of carboxylic acid groups (broad SMARTS) is 2. The highest BCUT2D eigenvalue weighted by atomic mass is 19.1. The van der Waals surface area contributed by atoms with Gasteiger partial charge in [0.05, 0.1) is 5.69 Å². The molecule has 0 aliphatic carbocycles. The van der Waals surface area contributed by atoms with E-state index < -0.39 is 11.9 Å². The van der Waals surface area contributed by atoms with Crippen LogP contribution in [-0.2, 0) is 20.9 Å². The van der Waals surface area contributed by atoms with E-state index in [1.165, 1.54) is 6.07 Å². The number of phenols is 1. The van der Waals surface area contributed by atoms with Crippen molar-refractivity contribution in [3.05, 3.63) is 59.9 Å². The lowest BCUT2D eigenvalue weighted by Crippen LogP contribution is -2.51. The number of aromatic hydroxyl groups is 1. The van der Waals surface area contributed by atoms with Crippen molar-refractivity contribution in [1.82, 2.24) is 9.80 Å². The molecule has 1 amide bonds. The van der Waals surface area contributed by atoms with Crippen molar-refractivity contribution in [3.8, 4) is 5.75 Å². The zero-order valence-corrected chi connectivity index (χ0v) is 19.3. The number of anilines is 1. The van der Waals surface area contributed by atoms with E-state index in [0.717, 1.165) is 38.0 Å². The second-order valence-electron chi connectivity index (χ2n) is 8.59. The first-order chi connectivity index (χ1) is 16.7. The number of halogens is 1. The number of nitrogens with zero attached hydrogens (tertiary/aromatic N) is 3. The fraction of sp³-hybridized carbons (Fsp3) is 0.400. The van der Waals surface area contributed by atoms with Crippen LogP contribution in [0.15, 0.2) is 48.5 Å². The highest BCUT2D eigenvalue weighted by Crippen LogP contribution is 2.24. The standard InChI is InChI=1S/C23H28FN3O2.C2H2O4/c24-21-6-1-2-7-22(21)26-12-14-27(15-13-26)23(29)19-8-10-25(11-9-19)17-18-4-3-5-20(28)16-18;3-1(4)2(5)6/h1-7,16,19,28H,8-15,17H2;(H,3,4)(H,5,6). The second kappa shape index (κ2) is 12.2. The molecule has 10 heteroatoms. The van der Waals surface area contributed by atoms with Crippen LogP contribution in [-0.4, -0.2) is 82.2 Å². The van der Waals surface area contributed by atoms with Crippen LogP contribution in [0.4, 0.5) is 10.1 Å². The molecule has 0 spiro atoms. The molecule has 0 saturated carbocycles. The summed E-state index contributed by atoms with van der Waals surface area (Å²) in [7, 11) is 0. The number of para-hydroxylation sites is 1. The normalized spacial score (nSPS) is 16.8. The lowest BCUT2D eigenvalue weighted by Gasteiger charge is -2.39. The molecule has 2 aromatic rings. The van der Waals surface area contributed by atoms with Crippen LogP contribution in [0.5, 0.6) is 5.75 Å². The Hall–Kier alpha value is -3.66. The van der Waals surface area contributed by atoms with Gasteiger partial charge in [0.2, 0.25) is 5.91 Å². The van der Waals surface area contributed by atoms with Crippen LogP contribution >= 0.6 is 0 Å². The van der Waals surface area contributed by atoms with E-state index in [2.05, 4.69) is 4.90 Å². The van der Waals surface area contributed by atoms with Crippen LogP contribution in [0.1, 0.15) is 18.4 Å². The Labute approximate surface area is 203 Å². The number of aliphatic carboxylic acids is 2. The summed E-state index contributed by atoms with van der Waals surface area (Å²) in [6.07, 6.45) is 1.73. The van der Waals surface area contributed by atoms with Gasteiger partial charge in [0, 0.05) is 38.6 Å². The molecule has 35 heavy (non-hydrogen) atoms. The van der Waals surface area contributed by atoms with Gasteiger partial charge in [0.1, 0.15) is 11.6 Å². The minimum atomic E-state index is -1.82. The summed E-state index contributed by atoms with van der Waals surface area (Å²) in [5.41, 5.74) is 1.72. The third-order valence-electron chi connectivity index (χ3n) is 6.22. The molecule has 2 aromatic carbocycles. The first-order valence-corrected chi connectivity index (χ1v) is 11.5. The quantitative estimate of drug-likeness (QED) is 0.562. The highest BCUT2D eigenvalue weighted by Gasteiger charge is 2.30. The van der Waals surface area contributed by atoms with Gasteiger partial charge in [0.15, 0.2) is 0 Å². The Morgan fingerprint density at radius 1 is 0.857 bits per heavy atom. The molecule has 0 unspecified atom stereocenters. The van der Waals surface area contributed by atoms with Gasteiger partial charge in [-0.3, -0.25) is 9.69 Å². The second-order valence-corrected chi connectivity index (χ2v) is 8.59. The van der Waals surface area contributed by atoms with Crippen molar-refractivity contribution in [2.24, 2.45) is 5.92 Å². The zero-order valence-electron chi connectivity index (χ0n) is 19.3. The molecule has 0 aromatic heterocycles. The average molecular weight is 488 g/mol. The molecule has 4 rings (SSSR count). The summed E-state index contributed by atoms with van der Waals surface area (Å²) in [4.78, 5) is 37.5. The van der Waals surface area contributed by atoms with Gasteiger partial charge in [-0.25, -0.2) is 14.0 Å². The maximum Gasteiger partial charge on any atom is 0.414 e. The first-order valence-electron chi connectivity index (χ1n) is 11.5. The fourth-order valence-electron chi connectivity index (χ4n) is 4.39. The Bertz CT molecular complexity index is 1020. The molecular weight excluding hydrogens is 457 g/mol. The Morgan fingerprint density at radius 2 is 1.49 bits per heavy atom. The molecule has 2 aliphatic rings. The molecule has 188 valence electrons. The van der Waals surface area contributed by atoms with Gasteiger partial charge < -0.3 is 25.1 Å². The monoisotopic (exact) mass is 487 g/mol. The van der Waals surface area contributed by atoms with E-state index in [-0.39, 0.29) is 17.6 Å². The van der Waals surface area contributed by atoms with Gasteiger partial charge in [-0.15, -0.1) is 0 Å². The minimum absolute atomic E-state index is 0.0791. The van der Waals surface area contributed by atoms with Gasteiger partial charge >= 0.3 is 11.9 Å². The maximum atomic E-state index is 14.0. The molecule has 2 fully saturated rings. The molecule has 2 aliphatic heterocycles. The number of benzene rings is 2. The van der Waals surface area contributed by atoms with Crippen LogP contribution in [0.3, 0.4) is 0 Å². The lowest BCUT2D eigenvalue weighted by molar-refractivity contribution is -0.159. The molecular formula is C25H30FN3O6. The molecule has 0 radical (unpaired) electrons. The van der Waals surface area contributed by atoms with Crippen LogP contribution in [0.25, 0.3) is 0 Å². The average Bonchev–Trinajstić information content (AvgIpc) is 2.85. The number of carboxylic acids is 2. The Morgan fingerprint density at radius 3 is 2.06 bits per heavy atom. The zero-order chi connectivity index (χ0) is 25.4. The molecule has 2 saturated heterocycles. The minimum Gasteiger partial charge on any atom is -0.508 e. The van der Waals surface area contributed by atoms with Gasteiger partial charge in [-0.05, 0) is 55.8 Å². The predicted molar refractivity (Wildman–Crippen MR) is 127 cm³/mol. The summed E-state index contributed by atoms with van der Waals surface area (Å²) >= 11 is 0. The van der Waals surface area contributed by atoms with Crippen molar-refractivity contribution in [1.29, 1.82) is 0 Å². The topological polar surface area (TPSA) is 122 Å². The molecule has 2 heterocycles. The third-order valence-corrected chi connectivity index (χ3v) is 6.22. The van der Waals surface area contributed by atoms with Crippen molar-refractivity contribution in [3.63, 3.8) is 0 Å². The van der Waals surface area contributed by atoms with E-state index in [4.69, 9.17) is 19.8 Å². The SMILES string of the molecule is O=C(C1CCN(Cc2cccc(O)c2)CC1)N1CCN(c2ccccc2F)CC1.O=C(O)C(=O)O. The van der Waals surface area contributed by atoms with Crippen LogP contribution in [0.2, 0.25) is 0 Å². The van der Waals surface area contributed by atoms with Gasteiger partial charge in [0.25, 0.3) is 0 Å². The third kappa shape index (κ3) is 7.41. The number of carbonyl (C=O) groups is 3. The summed E-state index contributed by atoms with van der Waals surface area (Å²) < 4.78 is 14.0. The number of likely N-dealkylation sites (tertiary alicyclic amines) is 1. The predicted octanol–water partition coefficient (Wildman–Crippen LogP) is 2.25. The number of hydrogen-bond donors (Lipinski definition) is 3. The number of hydrogen-bond acceptors (Lipinski definition) is 6. The molecule has 9 nitrogen and oxygen atoms in total. The van der Waals surface area contributed by atoms with E-state index in [1.807, 2.05) is 28.0 Å². The van der Waals surface area contributed by atoms with Crippen molar-refractivity contribution in [2.75, 3.05) is 44.2 Å². The number of carbonyl (C=O) groups excluding carboxylic acids is 1. The highest BCUT2D eigenvalue weighted by molar-refractivity contribution is 6.27. The number of piperidine rings is 1. The molecule has 0 bridgehead atoms.